The van der Waals surface area contributed by atoms with E-state index in [0.29, 0.717) is 17.9 Å². The first-order valence-electron chi connectivity index (χ1n) is 28.7. The van der Waals surface area contributed by atoms with Crippen molar-refractivity contribution in [3.63, 3.8) is 0 Å². The largest absolute Gasteiger partial charge is 0.391 e. The number of carbonyl (C=O) groups excluding carboxylic acids is 11. The molecule has 30 heteroatoms. The summed E-state index contributed by atoms with van der Waals surface area (Å²) in [5.41, 5.74) is 29.7. The Labute approximate surface area is 490 Å². The van der Waals surface area contributed by atoms with Crippen LogP contribution in [-0.2, 0) is 59.2 Å². The molecule has 30 nitrogen and oxygen atoms in total. The van der Waals surface area contributed by atoms with Crippen molar-refractivity contribution in [3.8, 4) is 0 Å². The fourth-order valence-corrected chi connectivity index (χ4v) is 8.79. The van der Waals surface area contributed by atoms with Crippen LogP contribution < -0.4 is 87.2 Å². The lowest BCUT2D eigenvalue weighted by molar-refractivity contribution is -0.137. The van der Waals surface area contributed by atoms with Crippen LogP contribution in [0.1, 0.15) is 111 Å². The van der Waals surface area contributed by atoms with E-state index in [-0.39, 0.29) is 77.7 Å². The van der Waals surface area contributed by atoms with Crippen LogP contribution in [0.15, 0.2) is 30.3 Å². The van der Waals surface area contributed by atoms with E-state index in [1.54, 1.807) is 30.3 Å². The van der Waals surface area contributed by atoms with E-state index in [2.05, 4.69) is 72.3 Å². The summed E-state index contributed by atoms with van der Waals surface area (Å²) < 4.78 is 0. The zero-order chi connectivity index (χ0) is 63.1. The van der Waals surface area contributed by atoms with E-state index in [0.717, 1.165) is 19.3 Å². The first kappa shape index (κ1) is 73.2. The molecule has 0 aromatic heterocycles. The minimum atomic E-state index is -1.77. The van der Waals surface area contributed by atoms with E-state index in [1.165, 1.54) is 20.8 Å². The fourth-order valence-electron chi connectivity index (χ4n) is 8.79. The average molecular weight is 1190 g/mol. The van der Waals surface area contributed by atoms with Gasteiger partial charge in [0.05, 0.1) is 18.3 Å². The normalized spacial score (nSPS) is 23.3. The number of unbranched alkanes of at least 4 members (excludes halogenated alkanes) is 1. The summed E-state index contributed by atoms with van der Waals surface area (Å²) in [6.07, 6.45) is -3.08. The van der Waals surface area contributed by atoms with Crippen LogP contribution in [0.3, 0.4) is 0 Å². The third kappa shape index (κ3) is 25.5. The molecule has 0 saturated carbocycles. The standard InChI is InChI=1S/C54H94N16O14/c1-6-29(2)12-10-11-15-41(74)61-34(16-22-55)49(79)69-43(31(4)72)53(83)66-37(19-25-58)46(76)64-39-21-27-60-52(82)42(30(3)71)68-50(80)38(20-26-59)63-45(75)36(18-24-57)65-54(84)44(32(5)73)70-51(81)40(28-33-13-8-7-9-14-33)67-47(77)35(17-23-56)62-48(39)78/h7-9,13-14,29-32,34-40,42-44,71-73H,6,10-12,15-28,55-59H2,1-5H3,(H,60,82)(H,61,74)(H,62,78)(H,63,75)(H,64,76)(H,65,84)(H,66,83)(H,67,77)(H,68,80)(H,69,79)(H,70,81)/t29-,30?,31?,32?,34?,35?,36?,37?,38?,39?,40?,42?,43?,44?/m0/s1. The molecule has 1 fully saturated rings. The van der Waals surface area contributed by atoms with E-state index < -0.39 is 157 Å². The van der Waals surface area contributed by atoms with Crippen LogP contribution in [0.4, 0.5) is 0 Å². The Morgan fingerprint density at radius 1 is 0.548 bits per heavy atom. The molecule has 1 heterocycles. The molecule has 474 valence electrons. The number of aliphatic hydroxyl groups excluding tert-OH is 3. The average Bonchev–Trinajstić information content (AvgIpc) is 3.67. The molecular weight excluding hydrogens is 1100 g/mol. The van der Waals surface area contributed by atoms with Crippen molar-refractivity contribution < 1.29 is 68.1 Å². The van der Waals surface area contributed by atoms with E-state index >= 15 is 0 Å². The molecule has 1 saturated heterocycles. The molecule has 1 aliphatic heterocycles. The van der Waals surface area contributed by atoms with Gasteiger partial charge >= 0.3 is 0 Å². The first-order chi connectivity index (χ1) is 39.8. The molecule has 11 amide bonds. The van der Waals surface area contributed by atoms with Gasteiger partial charge in [0.1, 0.15) is 60.4 Å². The van der Waals surface area contributed by atoms with Gasteiger partial charge in [0.15, 0.2) is 0 Å². The van der Waals surface area contributed by atoms with Gasteiger partial charge in [-0.05, 0) is 110 Å². The van der Waals surface area contributed by atoms with Gasteiger partial charge < -0.3 is 102 Å². The topological polar surface area (TPSA) is 511 Å². The number of hydrogen-bond donors (Lipinski definition) is 19. The minimum Gasteiger partial charge on any atom is -0.391 e. The highest BCUT2D eigenvalue weighted by atomic mass is 16.3. The quantitative estimate of drug-likeness (QED) is 0.0347. The maximum atomic E-state index is 14.5. The number of benzene rings is 1. The van der Waals surface area contributed by atoms with Crippen molar-refractivity contribution in [2.75, 3.05) is 39.3 Å². The second kappa shape index (κ2) is 38.8. The highest BCUT2D eigenvalue weighted by molar-refractivity contribution is 5.99. The van der Waals surface area contributed by atoms with Gasteiger partial charge in [-0.3, -0.25) is 52.7 Å². The van der Waals surface area contributed by atoms with Crippen LogP contribution >= 0.6 is 0 Å². The maximum Gasteiger partial charge on any atom is 0.245 e. The lowest BCUT2D eigenvalue weighted by Gasteiger charge is -2.29. The van der Waals surface area contributed by atoms with Gasteiger partial charge in [0.25, 0.3) is 0 Å². The predicted molar refractivity (Wildman–Crippen MR) is 308 cm³/mol. The van der Waals surface area contributed by atoms with E-state index in [1.807, 2.05) is 0 Å². The number of amides is 11. The Morgan fingerprint density at radius 2 is 1.02 bits per heavy atom. The van der Waals surface area contributed by atoms with Crippen molar-refractivity contribution in [2.45, 2.75) is 190 Å². The molecule has 1 aliphatic rings. The Morgan fingerprint density at radius 3 is 1.52 bits per heavy atom. The van der Waals surface area contributed by atoms with Crippen molar-refractivity contribution in [3.05, 3.63) is 35.9 Å². The number of carbonyl (C=O) groups is 11. The number of nitrogens with two attached hydrogens (primary N) is 5. The lowest BCUT2D eigenvalue weighted by atomic mass is 10.0. The molecule has 0 radical (unpaired) electrons. The summed E-state index contributed by atoms with van der Waals surface area (Å²) in [6, 6.07) is -7.36. The third-order valence-electron chi connectivity index (χ3n) is 14.0. The van der Waals surface area contributed by atoms with Gasteiger partial charge in [-0.25, -0.2) is 0 Å². The smallest absolute Gasteiger partial charge is 0.245 e. The Kier molecular flexibility index (Phi) is 33.8. The van der Waals surface area contributed by atoms with Crippen molar-refractivity contribution in [1.29, 1.82) is 0 Å². The summed E-state index contributed by atoms with van der Waals surface area (Å²) in [4.78, 5) is 153. The van der Waals surface area contributed by atoms with Crippen molar-refractivity contribution in [2.24, 2.45) is 34.6 Å². The highest BCUT2D eigenvalue weighted by Crippen LogP contribution is 2.13. The molecule has 0 aliphatic carbocycles. The molecule has 13 unspecified atom stereocenters. The molecule has 0 spiro atoms. The van der Waals surface area contributed by atoms with Crippen LogP contribution in [-0.4, -0.2) is 198 Å². The SMILES string of the molecule is CC[C@H](C)CCCCC(=O)NC(CCN)C(=O)NC(C(=O)NC(CCN)C(=O)NC1CCNC(=O)C(C(C)O)NC(=O)C(CCN)NC(=O)C(CCN)NC(=O)C(C(C)O)NC(=O)C(Cc2ccccc2)NC(=O)C(CCN)NC1=O)C(C)O. The van der Waals surface area contributed by atoms with Gasteiger partial charge in [0.2, 0.25) is 65.0 Å². The van der Waals surface area contributed by atoms with Crippen LogP contribution in [0.2, 0.25) is 0 Å². The zero-order valence-corrected chi connectivity index (χ0v) is 48.9. The number of nitrogens with one attached hydrogen (secondary N) is 11. The van der Waals surface area contributed by atoms with E-state index in [9.17, 15) is 68.1 Å². The second-order valence-corrected chi connectivity index (χ2v) is 21.1. The fraction of sp³-hybridized carbons (Fsp3) is 0.685. The molecular formula is C54H94N16O14. The van der Waals surface area contributed by atoms with E-state index in [4.69, 9.17) is 28.7 Å². The van der Waals surface area contributed by atoms with Crippen LogP contribution in [0.5, 0.6) is 0 Å². The molecule has 1 aromatic rings. The van der Waals surface area contributed by atoms with Crippen molar-refractivity contribution >= 4 is 65.0 Å². The summed E-state index contributed by atoms with van der Waals surface area (Å²) in [5, 5.41) is 59.6. The molecule has 14 atom stereocenters. The molecule has 1 aromatic carbocycles. The minimum absolute atomic E-state index is 0.0257. The molecule has 84 heavy (non-hydrogen) atoms. The van der Waals surface area contributed by atoms with Gasteiger partial charge in [-0.1, -0.05) is 63.4 Å². The number of aliphatic hydroxyl groups is 3. The summed E-state index contributed by atoms with van der Waals surface area (Å²) in [7, 11) is 0. The summed E-state index contributed by atoms with van der Waals surface area (Å²) in [6.45, 7) is 6.39. The third-order valence-corrected chi connectivity index (χ3v) is 14.0. The lowest BCUT2D eigenvalue weighted by Crippen LogP contribution is -2.62. The molecule has 0 bridgehead atoms. The first-order valence-corrected chi connectivity index (χ1v) is 28.7. The zero-order valence-electron chi connectivity index (χ0n) is 48.9. The Hall–Kier alpha value is -6.93. The van der Waals surface area contributed by atoms with Gasteiger partial charge in [-0.2, -0.15) is 0 Å². The van der Waals surface area contributed by atoms with Gasteiger partial charge in [0, 0.05) is 19.4 Å². The maximum absolute atomic E-state index is 14.5. The Bertz CT molecular complexity index is 2300. The Balaban J connectivity index is 2.66. The van der Waals surface area contributed by atoms with Crippen molar-refractivity contribution in [1.82, 2.24) is 58.5 Å². The summed E-state index contributed by atoms with van der Waals surface area (Å²) in [5.74, 6) is -9.99. The molecule has 24 N–H and O–H groups in total. The second-order valence-electron chi connectivity index (χ2n) is 21.1. The van der Waals surface area contributed by atoms with Gasteiger partial charge in [-0.15, -0.1) is 0 Å². The monoisotopic (exact) mass is 1190 g/mol. The summed E-state index contributed by atoms with van der Waals surface area (Å²) >= 11 is 0. The van der Waals surface area contributed by atoms with Crippen LogP contribution in [0.25, 0.3) is 0 Å². The predicted octanol–water partition coefficient (Wildman–Crippen LogP) is -6.91. The highest BCUT2D eigenvalue weighted by Gasteiger charge is 2.38. The number of rotatable bonds is 28. The number of hydrogen-bond acceptors (Lipinski definition) is 19. The van der Waals surface area contributed by atoms with Crippen LogP contribution in [0, 0.1) is 5.92 Å². The molecule has 2 rings (SSSR count).